The molecule has 6 heteroatoms. The summed E-state index contributed by atoms with van der Waals surface area (Å²) in [6.45, 7) is 4.15. The Morgan fingerprint density at radius 2 is 2.06 bits per heavy atom. The minimum Gasteiger partial charge on any atom is -0.480 e. The van der Waals surface area contributed by atoms with Gasteiger partial charge in [-0.2, -0.15) is 11.8 Å². The van der Waals surface area contributed by atoms with Gasteiger partial charge in [-0.15, -0.1) is 0 Å². The summed E-state index contributed by atoms with van der Waals surface area (Å²) in [6, 6.07) is -0.381. The number of carbonyl (C=O) groups excluding carboxylic acids is 1. The molecule has 104 valence electrons. The molecule has 0 aromatic rings. The highest BCUT2D eigenvalue weighted by atomic mass is 32.2. The van der Waals surface area contributed by atoms with E-state index < -0.39 is 11.5 Å². The van der Waals surface area contributed by atoms with Crippen molar-refractivity contribution in [1.29, 1.82) is 0 Å². The Morgan fingerprint density at radius 1 is 1.39 bits per heavy atom. The fourth-order valence-electron chi connectivity index (χ4n) is 2.06. The van der Waals surface area contributed by atoms with Crippen molar-refractivity contribution in [1.82, 2.24) is 10.6 Å². The van der Waals surface area contributed by atoms with Crippen LogP contribution in [0.1, 0.15) is 39.5 Å². The van der Waals surface area contributed by atoms with Crippen LogP contribution >= 0.6 is 11.8 Å². The molecule has 0 aromatic heterocycles. The van der Waals surface area contributed by atoms with Gasteiger partial charge in [0.25, 0.3) is 0 Å². The Labute approximate surface area is 112 Å². The van der Waals surface area contributed by atoms with E-state index in [9.17, 15) is 14.7 Å². The fourth-order valence-corrected chi connectivity index (χ4v) is 3.26. The smallest absolute Gasteiger partial charge is 0.329 e. The van der Waals surface area contributed by atoms with Crippen LogP contribution in [-0.2, 0) is 4.79 Å². The maximum absolute atomic E-state index is 11.7. The molecular formula is C12H22N2O3S. The SMILES string of the molecule is CCC(CC)(NC(=O)NCC1CCCS1)C(=O)O. The van der Waals surface area contributed by atoms with Crippen molar-refractivity contribution in [3.8, 4) is 0 Å². The largest absolute Gasteiger partial charge is 0.480 e. The van der Waals surface area contributed by atoms with Crippen molar-refractivity contribution in [2.24, 2.45) is 0 Å². The van der Waals surface area contributed by atoms with Gasteiger partial charge in [-0.05, 0) is 31.4 Å². The summed E-state index contributed by atoms with van der Waals surface area (Å²) in [5.74, 6) is 0.176. The van der Waals surface area contributed by atoms with Crippen LogP contribution in [0.25, 0.3) is 0 Å². The van der Waals surface area contributed by atoms with Gasteiger partial charge >= 0.3 is 12.0 Å². The monoisotopic (exact) mass is 274 g/mol. The molecule has 1 aliphatic rings. The molecule has 1 fully saturated rings. The van der Waals surface area contributed by atoms with Gasteiger partial charge in [-0.1, -0.05) is 13.8 Å². The van der Waals surface area contributed by atoms with Crippen molar-refractivity contribution in [3.05, 3.63) is 0 Å². The zero-order chi connectivity index (χ0) is 13.6. The van der Waals surface area contributed by atoms with Crippen LogP contribution < -0.4 is 10.6 Å². The van der Waals surface area contributed by atoms with E-state index in [1.54, 1.807) is 13.8 Å². The summed E-state index contributed by atoms with van der Waals surface area (Å²) in [7, 11) is 0. The highest BCUT2D eigenvalue weighted by molar-refractivity contribution is 8.00. The second-order valence-corrected chi connectivity index (χ2v) is 5.97. The van der Waals surface area contributed by atoms with Gasteiger partial charge in [0.05, 0.1) is 0 Å². The average molecular weight is 274 g/mol. The molecule has 0 saturated carbocycles. The molecule has 1 rings (SSSR count). The maximum atomic E-state index is 11.7. The first kappa shape index (κ1) is 15.1. The molecule has 1 aliphatic heterocycles. The summed E-state index contributed by atoms with van der Waals surface area (Å²) >= 11 is 1.86. The molecular weight excluding hydrogens is 252 g/mol. The lowest BCUT2D eigenvalue weighted by Crippen LogP contribution is -2.57. The van der Waals surface area contributed by atoms with Gasteiger partial charge in [-0.3, -0.25) is 0 Å². The second kappa shape index (κ2) is 6.87. The van der Waals surface area contributed by atoms with Crippen LogP contribution in [-0.4, -0.2) is 40.2 Å². The number of hydrogen-bond acceptors (Lipinski definition) is 3. The van der Waals surface area contributed by atoms with Crippen molar-refractivity contribution in [2.45, 2.75) is 50.3 Å². The first-order chi connectivity index (χ1) is 8.54. The van der Waals surface area contributed by atoms with E-state index in [0.29, 0.717) is 24.6 Å². The van der Waals surface area contributed by atoms with Crippen molar-refractivity contribution < 1.29 is 14.7 Å². The quantitative estimate of drug-likeness (QED) is 0.690. The second-order valence-electron chi connectivity index (χ2n) is 4.56. The van der Waals surface area contributed by atoms with Gasteiger partial charge in [0, 0.05) is 11.8 Å². The summed E-state index contributed by atoms with van der Waals surface area (Å²) in [5, 5.41) is 15.0. The van der Waals surface area contributed by atoms with E-state index in [4.69, 9.17) is 0 Å². The highest BCUT2D eigenvalue weighted by Gasteiger charge is 2.36. The van der Waals surface area contributed by atoms with Gasteiger partial charge in [0.2, 0.25) is 0 Å². The van der Waals surface area contributed by atoms with Gasteiger partial charge in [0.15, 0.2) is 0 Å². The number of carboxylic acids is 1. The van der Waals surface area contributed by atoms with Crippen LogP contribution in [0.4, 0.5) is 4.79 Å². The van der Waals surface area contributed by atoms with Crippen LogP contribution in [0.2, 0.25) is 0 Å². The Hall–Kier alpha value is -0.910. The molecule has 1 atom stereocenters. The van der Waals surface area contributed by atoms with Crippen molar-refractivity contribution >= 4 is 23.8 Å². The van der Waals surface area contributed by atoms with E-state index >= 15 is 0 Å². The number of nitrogens with one attached hydrogen (secondary N) is 2. The summed E-state index contributed by atoms with van der Waals surface area (Å²) < 4.78 is 0. The molecule has 0 radical (unpaired) electrons. The van der Waals surface area contributed by atoms with Crippen molar-refractivity contribution in [3.63, 3.8) is 0 Å². The molecule has 5 nitrogen and oxygen atoms in total. The molecule has 3 N–H and O–H groups in total. The van der Waals surface area contributed by atoms with Crippen LogP contribution in [0.15, 0.2) is 0 Å². The number of urea groups is 1. The average Bonchev–Trinajstić information content (AvgIpc) is 2.86. The molecule has 0 aromatic carbocycles. The van der Waals surface area contributed by atoms with E-state index in [1.165, 1.54) is 6.42 Å². The molecule has 18 heavy (non-hydrogen) atoms. The van der Waals surface area contributed by atoms with E-state index in [0.717, 1.165) is 12.2 Å². The molecule has 1 heterocycles. The standard InChI is InChI=1S/C12H22N2O3S/c1-3-12(4-2,10(15)16)14-11(17)13-8-9-6-5-7-18-9/h9H,3-8H2,1-2H3,(H,15,16)(H2,13,14,17). The minimum atomic E-state index is -1.15. The number of aliphatic carboxylic acids is 1. The third kappa shape index (κ3) is 3.80. The van der Waals surface area contributed by atoms with Crippen LogP contribution in [0.3, 0.4) is 0 Å². The first-order valence-corrected chi connectivity index (χ1v) is 7.50. The number of carboxylic acid groups (broad SMARTS) is 1. The number of thioether (sulfide) groups is 1. The Balaban J connectivity index is 2.43. The number of rotatable bonds is 6. The fraction of sp³-hybridized carbons (Fsp3) is 0.833. The molecule has 0 bridgehead atoms. The maximum Gasteiger partial charge on any atom is 0.329 e. The number of amides is 2. The summed E-state index contributed by atoms with van der Waals surface area (Å²) in [4.78, 5) is 23.0. The molecule has 1 unspecified atom stereocenters. The summed E-state index contributed by atoms with van der Waals surface area (Å²) in [6.07, 6.45) is 3.08. The molecule has 2 amide bonds. The van der Waals surface area contributed by atoms with E-state index in [1.807, 2.05) is 11.8 Å². The number of hydrogen-bond donors (Lipinski definition) is 3. The minimum absolute atomic E-state index is 0.379. The van der Waals surface area contributed by atoms with Crippen LogP contribution in [0, 0.1) is 0 Å². The molecule has 0 aliphatic carbocycles. The van der Waals surface area contributed by atoms with E-state index in [-0.39, 0.29) is 6.03 Å². The summed E-state index contributed by atoms with van der Waals surface area (Å²) in [5.41, 5.74) is -1.15. The van der Waals surface area contributed by atoms with E-state index in [2.05, 4.69) is 10.6 Å². The normalized spacial score (nSPS) is 19.6. The van der Waals surface area contributed by atoms with Crippen LogP contribution in [0.5, 0.6) is 0 Å². The van der Waals surface area contributed by atoms with Gasteiger partial charge in [-0.25, -0.2) is 9.59 Å². The third-order valence-corrected chi connectivity index (χ3v) is 4.88. The van der Waals surface area contributed by atoms with Gasteiger partial charge < -0.3 is 15.7 Å². The molecule has 0 spiro atoms. The predicted octanol–water partition coefficient (Wildman–Crippen LogP) is 1.82. The lowest BCUT2D eigenvalue weighted by molar-refractivity contribution is -0.144. The van der Waals surface area contributed by atoms with Crippen molar-refractivity contribution in [2.75, 3.05) is 12.3 Å². The lowest BCUT2D eigenvalue weighted by atomic mass is 9.93. The Kier molecular flexibility index (Phi) is 5.78. The first-order valence-electron chi connectivity index (χ1n) is 6.45. The Bertz CT molecular complexity index is 300. The topological polar surface area (TPSA) is 78.4 Å². The predicted molar refractivity (Wildman–Crippen MR) is 73.0 cm³/mol. The number of carbonyl (C=O) groups is 2. The zero-order valence-electron chi connectivity index (χ0n) is 11.0. The zero-order valence-corrected chi connectivity index (χ0v) is 11.8. The third-order valence-electron chi connectivity index (χ3n) is 3.48. The lowest BCUT2D eigenvalue weighted by Gasteiger charge is -2.28. The van der Waals surface area contributed by atoms with Gasteiger partial charge in [0.1, 0.15) is 5.54 Å². The molecule has 1 saturated heterocycles. The highest BCUT2D eigenvalue weighted by Crippen LogP contribution is 2.25. The Morgan fingerprint density at radius 3 is 2.50 bits per heavy atom.